The standard InChI is InChI=1S/C19H26N2O2/c1-15-4-2-3-5-17(15)21-14-19(12-18(21)22)8-9-20(13-19)16-6-10-23-11-7-16/h2-5,16H,6-14H2,1H3. The maximum Gasteiger partial charge on any atom is 0.227 e. The van der Waals surface area contributed by atoms with Gasteiger partial charge < -0.3 is 9.64 Å². The Labute approximate surface area is 138 Å². The number of hydrogen-bond donors (Lipinski definition) is 0. The maximum atomic E-state index is 12.7. The number of amides is 1. The molecule has 4 heteroatoms. The van der Waals surface area contributed by atoms with Crippen LogP contribution in [-0.2, 0) is 9.53 Å². The van der Waals surface area contributed by atoms with Crippen LogP contribution < -0.4 is 4.90 Å². The largest absolute Gasteiger partial charge is 0.381 e. The molecule has 1 amide bonds. The molecule has 124 valence electrons. The van der Waals surface area contributed by atoms with Gasteiger partial charge in [0.25, 0.3) is 0 Å². The Bertz CT molecular complexity index is 597. The van der Waals surface area contributed by atoms with Crippen LogP contribution in [0.1, 0.15) is 31.2 Å². The Hall–Kier alpha value is -1.39. The van der Waals surface area contributed by atoms with Crippen LogP contribution in [-0.4, -0.2) is 49.7 Å². The molecule has 0 bridgehead atoms. The average molecular weight is 314 g/mol. The number of anilines is 1. The lowest BCUT2D eigenvalue weighted by Crippen LogP contribution is -2.40. The number of benzene rings is 1. The minimum Gasteiger partial charge on any atom is -0.381 e. The Morgan fingerprint density at radius 2 is 1.96 bits per heavy atom. The van der Waals surface area contributed by atoms with Crippen molar-refractivity contribution in [3.05, 3.63) is 29.8 Å². The van der Waals surface area contributed by atoms with E-state index in [1.807, 2.05) is 17.0 Å². The molecule has 1 spiro atoms. The van der Waals surface area contributed by atoms with E-state index in [0.29, 0.717) is 18.4 Å². The third kappa shape index (κ3) is 2.79. The fourth-order valence-corrected chi connectivity index (χ4v) is 4.59. The van der Waals surface area contributed by atoms with Crippen molar-refractivity contribution in [2.75, 3.05) is 37.7 Å². The first-order valence-corrected chi connectivity index (χ1v) is 8.85. The predicted molar refractivity (Wildman–Crippen MR) is 90.6 cm³/mol. The predicted octanol–water partition coefficient (Wildman–Crippen LogP) is 2.60. The first kappa shape index (κ1) is 15.2. The monoisotopic (exact) mass is 314 g/mol. The van der Waals surface area contributed by atoms with E-state index in [2.05, 4.69) is 24.0 Å². The first-order chi connectivity index (χ1) is 11.2. The van der Waals surface area contributed by atoms with Gasteiger partial charge in [-0.2, -0.15) is 0 Å². The second kappa shape index (κ2) is 5.91. The van der Waals surface area contributed by atoms with Crippen LogP contribution in [0.5, 0.6) is 0 Å². The highest BCUT2D eigenvalue weighted by atomic mass is 16.5. The van der Waals surface area contributed by atoms with Crippen LogP contribution in [0.15, 0.2) is 24.3 Å². The first-order valence-electron chi connectivity index (χ1n) is 8.85. The van der Waals surface area contributed by atoms with Crippen LogP contribution in [0, 0.1) is 12.3 Å². The molecule has 3 aliphatic rings. The van der Waals surface area contributed by atoms with E-state index in [0.717, 1.165) is 57.8 Å². The number of likely N-dealkylation sites (tertiary alicyclic amines) is 1. The fraction of sp³-hybridized carbons (Fsp3) is 0.632. The highest BCUT2D eigenvalue weighted by molar-refractivity contribution is 5.97. The zero-order valence-electron chi connectivity index (χ0n) is 14.0. The van der Waals surface area contributed by atoms with Crippen LogP contribution in [0.3, 0.4) is 0 Å². The van der Waals surface area contributed by atoms with Gasteiger partial charge in [-0.3, -0.25) is 9.69 Å². The van der Waals surface area contributed by atoms with Crippen LogP contribution in [0.4, 0.5) is 5.69 Å². The van der Waals surface area contributed by atoms with Gasteiger partial charge in [-0.1, -0.05) is 18.2 Å². The third-order valence-electron chi connectivity index (χ3n) is 5.90. The van der Waals surface area contributed by atoms with Gasteiger partial charge in [0.1, 0.15) is 0 Å². The van der Waals surface area contributed by atoms with Crippen molar-refractivity contribution in [3.8, 4) is 0 Å². The summed E-state index contributed by atoms with van der Waals surface area (Å²) in [6, 6.07) is 8.90. The van der Waals surface area contributed by atoms with Crippen LogP contribution >= 0.6 is 0 Å². The average Bonchev–Trinajstić information content (AvgIpc) is 3.12. The second-order valence-electron chi connectivity index (χ2n) is 7.51. The Morgan fingerprint density at radius 3 is 2.74 bits per heavy atom. The summed E-state index contributed by atoms with van der Waals surface area (Å²) in [5.74, 6) is 0.299. The van der Waals surface area contributed by atoms with Crippen LogP contribution in [0.2, 0.25) is 0 Å². The minimum absolute atomic E-state index is 0.164. The van der Waals surface area contributed by atoms with Crippen LogP contribution in [0.25, 0.3) is 0 Å². The summed E-state index contributed by atoms with van der Waals surface area (Å²) in [7, 11) is 0. The Morgan fingerprint density at radius 1 is 1.17 bits per heavy atom. The summed E-state index contributed by atoms with van der Waals surface area (Å²) >= 11 is 0. The topological polar surface area (TPSA) is 32.8 Å². The Kier molecular flexibility index (Phi) is 3.90. The van der Waals surface area contributed by atoms with Crippen molar-refractivity contribution in [2.24, 2.45) is 5.41 Å². The van der Waals surface area contributed by atoms with E-state index in [9.17, 15) is 4.79 Å². The van der Waals surface area contributed by atoms with Gasteiger partial charge in [-0.15, -0.1) is 0 Å². The van der Waals surface area contributed by atoms with E-state index in [4.69, 9.17) is 4.74 Å². The molecule has 0 saturated carbocycles. The van der Waals surface area contributed by atoms with Gasteiger partial charge in [0, 0.05) is 49.9 Å². The van der Waals surface area contributed by atoms with Crippen molar-refractivity contribution in [1.82, 2.24) is 4.90 Å². The van der Waals surface area contributed by atoms with E-state index >= 15 is 0 Å². The van der Waals surface area contributed by atoms with Crippen molar-refractivity contribution in [2.45, 2.75) is 38.6 Å². The normalized spacial score (nSPS) is 29.8. The number of carbonyl (C=O) groups excluding carboxylic acids is 1. The molecular weight excluding hydrogens is 288 g/mol. The molecule has 3 saturated heterocycles. The highest BCUT2D eigenvalue weighted by Crippen LogP contribution is 2.43. The minimum atomic E-state index is 0.164. The molecule has 3 heterocycles. The fourth-order valence-electron chi connectivity index (χ4n) is 4.59. The van der Waals surface area contributed by atoms with E-state index in [-0.39, 0.29) is 5.41 Å². The molecule has 0 aromatic heterocycles. The van der Waals surface area contributed by atoms with Crippen molar-refractivity contribution >= 4 is 11.6 Å². The van der Waals surface area contributed by atoms with Gasteiger partial charge >= 0.3 is 0 Å². The summed E-state index contributed by atoms with van der Waals surface area (Å²) in [5.41, 5.74) is 2.45. The number of para-hydroxylation sites is 1. The van der Waals surface area contributed by atoms with Gasteiger partial charge in [0.2, 0.25) is 5.91 Å². The van der Waals surface area contributed by atoms with Crippen molar-refractivity contribution in [3.63, 3.8) is 0 Å². The molecular formula is C19H26N2O2. The summed E-state index contributed by atoms with van der Waals surface area (Å²) in [5, 5.41) is 0. The molecule has 4 rings (SSSR count). The maximum absolute atomic E-state index is 12.7. The number of aryl methyl sites for hydroxylation is 1. The van der Waals surface area contributed by atoms with Gasteiger partial charge in [-0.05, 0) is 44.4 Å². The number of hydrogen-bond acceptors (Lipinski definition) is 3. The number of carbonyl (C=O) groups is 1. The summed E-state index contributed by atoms with van der Waals surface area (Å²) in [6.07, 6.45) is 4.15. The molecule has 4 nitrogen and oxygen atoms in total. The molecule has 1 aromatic carbocycles. The molecule has 3 fully saturated rings. The van der Waals surface area contributed by atoms with E-state index in [1.165, 1.54) is 5.56 Å². The smallest absolute Gasteiger partial charge is 0.227 e. The second-order valence-corrected chi connectivity index (χ2v) is 7.51. The molecule has 0 N–H and O–H groups in total. The lowest BCUT2D eigenvalue weighted by atomic mass is 9.86. The van der Waals surface area contributed by atoms with Crippen molar-refractivity contribution in [1.29, 1.82) is 0 Å². The quantitative estimate of drug-likeness (QED) is 0.841. The third-order valence-corrected chi connectivity index (χ3v) is 5.90. The number of ether oxygens (including phenoxy) is 1. The molecule has 0 aliphatic carbocycles. The zero-order valence-corrected chi connectivity index (χ0v) is 14.0. The number of nitrogens with zero attached hydrogens (tertiary/aromatic N) is 2. The van der Waals surface area contributed by atoms with Gasteiger partial charge in [0.05, 0.1) is 0 Å². The lowest BCUT2D eigenvalue weighted by molar-refractivity contribution is -0.117. The summed E-state index contributed by atoms with van der Waals surface area (Å²) < 4.78 is 5.49. The van der Waals surface area contributed by atoms with E-state index < -0.39 is 0 Å². The van der Waals surface area contributed by atoms with Gasteiger partial charge in [0.15, 0.2) is 0 Å². The van der Waals surface area contributed by atoms with Crippen molar-refractivity contribution < 1.29 is 9.53 Å². The molecule has 1 unspecified atom stereocenters. The molecule has 3 aliphatic heterocycles. The molecule has 23 heavy (non-hydrogen) atoms. The molecule has 1 aromatic rings. The molecule has 0 radical (unpaired) electrons. The molecule has 1 atom stereocenters. The van der Waals surface area contributed by atoms with E-state index in [1.54, 1.807) is 0 Å². The lowest BCUT2D eigenvalue weighted by Gasteiger charge is -2.32. The summed E-state index contributed by atoms with van der Waals surface area (Å²) in [6.45, 7) is 6.98. The number of rotatable bonds is 2. The zero-order chi connectivity index (χ0) is 15.9. The van der Waals surface area contributed by atoms with Gasteiger partial charge in [-0.25, -0.2) is 0 Å². The SMILES string of the molecule is Cc1ccccc1N1CC2(CCN(C3CCOCC3)C2)CC1=O. The summed E-state index contributed by atoms with van der Waals surface area (Å²) in [4.78, 5) is 17.3. The Balaban J connectivity index is 1.49. The highest BCUT2D eigenvalue weighted by Gasteiger charge is 2.49.